The maximum Gasteiger partial charge on any atom is 0.233 e. The van der Waals surface area contributed by atoms with Crippen LogP contribution in [0, 0.1) is 0 Å². The molecule has 1 saturated heterocycles. The first-order valence-electron chi connectivity index (χ1n) is 6.65. The predicted molar refractivity (Wildman–Crippen MR) is 71.0 cm³/mol. The van der Waals surface area contributed by atoms with Crippen LogP contribution in [0.4, 0.5) is 0 Å². The number of carbonyl (C=O) groups excluding carboxylic acids is 2. The summed E-state index contributed by atoms with van der Waals surface area (Å²) in [5.41, 5.74) is 0.617. The molecule has 1 aromatic rings. The van der Waals surface area contributed by atoms with Crippen molar-refractivity contribution in [2.75, 3.05) is 26.7 Å². The van der Waals surface area contributed by atoms with Crippen LogP contribution in [-0.4, -0.2) is 53.6 Å². The Labute approximate surface area is 112 Å². The first-order chi connectivity index (χ1) is 9.22. The Hall–Kier alpha value is -1.69. The second kappa shape index (κ2) is 6.47. The van der Waals surface area contributed by atoms with Crippen LogP contribution >= 0.6 is 0 Å². The first-order valence-corrected chi connectivity index (χ1v) is 6.65. The zero-order chi connectivity index (χ0) is 13.7. The molecule has 6 heteroatoms. The highest BCUT2D eigenvalue weighted by Gasteiger charge is 2.20. The number of aldehydes is 1. The number of nitrogens with one attached hydrogen (secondary N) is 1. The van der Waals surface area contributed by atoms with E-state index in [9.17, 15) is 9.59 Å². The van der Waals surface area contributed by atoms with Crippen LogP contribution in [0.1, 0.15) is 35.7 Å². The number of carbonyl (C=O) groups is 2. The van der Waals surface area contributed by atoms with Crippen molar-refractivity contribution in [2.45, 2.75) is 25.3 Å². The van der Waals surface area contributed by atoms with Gasteiger partial charge in [0.1, 0.15) is 0 Å². The molecule has 2 rings (SSSR count). The third-order valence-electron chi connectivity index (χ3n) is 3.57. The van der Waals surface area contributed by atoms with E-state index in [1.807, 2.05) is 4.68 Å². The monoisotopic (exact) mass is 264 g/mol. The van der Waals surface area contributed by atoms with Crippen LogP contribution in [-0.2, 0) is 4.79 Å². The van der Waals surface area contributed by atoms with Gasteiger partial charge >= 0.3 is 0 Å². The molecule has 1 aliphatic heterocycles. The van der Waals surface area contributed by atoms with Gasteiger partial charge in [-0.1, -0.05) is 0 Å². The van der Waals surface area contributed by atoms with Crippen molar-refractivity contribution < 1.29 is 9.59 Å². The minimum Gasteiger partial charge on any atom is -0.358 e. The molecule has 1 atom stereocenters. The standard InChI is InChI=1S/C13H20N4O2/c1-14-13(19)9-16-5-2-3-12(4-6-16)17-8-11(10-18)7-15-17/h7-8,10,12H,2-6,9H2,1H3,(H,14,19). The topological polar surface area (TPSA) is 67.2 Å². The van der Waals surface area contributed by atoms with Crippen LogP contribution < -0.4 is 5.32 Å². The zero-order valence-corrected chi connectivity index (χ0v) is 11.2. The Morgan fingerprint density at radius 3 is 3.05 bits per heavy atom. The summed E-state index contributed by atoms with van der Waals surface area (Å²) < 4.78 is 1.88. The lowest BCUT2D eigenvalue weighted by atomic mass is 10.1. The number of amides is 1. The molecule has 6 nitrogen and oxygen atoms in total. The molecule has 1 fully saturated rings. The van der Waals surface area contributed by atoms with Gasteiger partial charge in [-0.15, -0.1) is 0 Å². The number of aromatic nitrogens is 2. The van der Waals surface area contributed by atoms with E-state index in [0.29, 0.717) is 18.2 Å². The van der Waals surface area contributed by atoms with Gasteiger partial charge in [-0.05, 0) is 25.8 Å². The Kier molecular flexibility index (Phi) is 4.68. The summed E-state index contributed by atoms with van der Waals surface area (Å²) in [7, 11) is 1.66. The van der Waals surface area contributed by atoms with Gasteiger partial charge in [0.25, 0.3) is 0 Å². The number of hydrogen-bond acceptors (Lipinski definition) is 4. The summed E-state index contributed by atoms with van der Waals surface area (Å²) in [5.74, 6) is 0.0563. The SMILES string of the molecule is CNC(=O)CN1CCCC(n2cc(C=O)cn2)CC1. The summed E-state index contributed by atoms with van der Waals surface area (Å²) in [6.45, 7) is 2.28. The number of likely N-dealkylation sites (N-methyl/N-ethyl adjacent to an activating group) is 1. The zero-order valence-electron chi connectivity index (χ0n) is 11.2. The fourth-order valence-corrected chi connectivity index (χ4v) is 2.46. The van der Waals surface area contributed by atoms with Crippen molar-refractivity contribution in [1.29, 1.82) is 0 Å². The first kappa shape index (κ1) is 13.7. The molecule has 0 radical (unpaired) electrons. The molecule has 1 aromatic heterocycles. The second-order valence-corrected chi connectivity index (χ2v) is 4.91. The third kappa shape index (κ3) is 3.64. The van der Waals surface area contributed by atoms with E-state index in [0.717, 1.165) is 38.6 Å². The maximum atomic E-state index is 11.4. The van der Waals surface area contributed by atoms with Crippen LogP contribution in [0.25, 0.3) is 0 Å². The highest BCUT2D eigenvalue weighted by atomic mass is 16.1. The highest BCUT2D eigenvalue weighted by molar-refractivity contribution is 5.77. The van der Waals surface area contributed by atoms with E-state index in [1.165, 1.54) is 0 Å². The number of rotatable bonds is 4. The molecular weight excluding hydrogens is 244 g/mol. The molecule has 19 heavy (non-hydrogen) atoms. The molecule has 1 N–H and O–H groups in total. The smallest absolute Gasteiger partial charge is 0.233 e. The van der Waals surface area contributed by atoms with E-state index in [-0.39, 0.29) is 5.91 Å². The van der Waals surface area contributed by atoms with Crippen molar-refractivity contribution in [1.82, 2.24) is 20.0 Å². The van der Waals surface area contributed by atoms with Gasteiger partial charge in [0.15, 0.2) is 6.29 Å². The van der Waals surface area contributed by atoms with Crippen LogP contribution in [0.3, 0.4) is 0 Å². The van der Waals surface area contributed by atoms with Gasteiger partial charge in [-0.25, -0.2) is 0 Å². The van der Waals surface area contributed by atoms with E-state index >= 15 is 0 Å². The third-order valence-corrected chi connectivity index (χ3v) is 3.57. The van der Waals surface area contributed by atoms with Crippen LogP contribution in [0.2, 0.25) is 0 Å². The molecule has 0 spiro atoms. The predicted octanol–water partition coefficient (Wildman–Crippen LogP) is 0.469. The van der Waals surface area contributed by atoms with Gasteiger partial charge in [0, 0.05) is 19.8 Å². The lowest BCUT2D eigenvalue weighted by molar-refractivity contribution is -0.121. The van der Waals surface area contributed by atoms with Crippen molar-refractivity contribution in [3.05, 3.63) is 18.0 Å². The van der Waals surface area contributed by atoms with Gasteiger partial charge < -0.3 is 5.32 Å². The van der Waals surface area contributed by atoms with E-state index in [1.54, 1.807) is 19.4 Å². The minimum absolute atomic E-state index is 0.0563. The average Bonchev–Trinajstić information content (AvgIpc) is 2.79. The molecule has 104 valence electrons. The summed E-state index contributed by atoms with van der Waals surface area (Å²) in [6.07, 6.45) is 7.24. The Balaban J connectivity index is 1.92. The van der Waals surface area contributed by atoms with Crippen LogP contribution in [0.5, 0.6) is 0 Å². The average molecular weight is 264 g/mol. The molecule has 0 aliphatic carbocycles. The molecule has 1 amide bonds. The highest BCUT2D eigenvalue weighted by Crippen LogP contribution is 2.21. The fraction of sp³-hybridized carbons (Fsp3) is 0.615. The van der Waals surface area contributed by atoms with Gasteiger partial charge in [0.05, 0.1) is 24.3 Å². The minimum atomic E-state index is 0.0563. The maximum absolute atomic E-state index is 11.4. The van der Waals surface area contributed by atoms with Crippen molar-refractivity contribution >= 4 is 12.2 Å². The summed E-state index contributed by atoms with van der Waals surface area (Å²) in [6, 6.07) is 0.323. The Morgan fingerprint density at radius 2 is 2.37 bits per heavy atom. The largest absolute Gasteiger partial charge is 0.358 e. The Morgan fingerprint density at radius 1 is 1.53 bits per heavy atom. The van der Waals surface area contributed by atoms with Gasteiger partial charge in [-0.2, -0.15) is 5.10 Å². The van der Waals surface area contributed by atoms with E-state index in [2.05, 4.69) is 15.3 Å². The molecular formula is C13H20N4O2. The normalized spacial score (nSPS) is 20.8. The Bertz CT molecular complexity index is 444. The second-order valence-electron chi connectivity index (χ2n) is 4.91. The molecule has 0 bridgehead atoms. The van der Waals surface area contributed by atoms with Crippen molar-refractivity contribution in [3.8, 4) is 0 Å². The van der Waals surface area contributed by atoms with Gasteiger partial charge in [0.2, 0.25) is 5.91 Å². The summed E-state index contributed by atoms with van der Waals surface area (Å²) >= 11 is 0. The van der Waals surface area contributed by atoms with E-state index in [4.69, 9.17) is 0 Å². The molecule has 0 saturated carbocycles. The van der Waals surface area contributed by atoms with Gasteiger partial charge in [-0.3, -0.25) is 19.2 Å². The summed E-state index contributed by atoms with van der Waals surface area (Å²) in [5, 5.41) is 6.89. The molecule has 1 unspecified atom stereocenters. The quantitative estimate of drug-likeness (QED) is 0.803. The summed E-state index contributed by atoms with van der Waals surface area (Å²) in [4.78, 5) is 24.2. The van der Waals surface area contributed by atoms with Crippen molar-refractivity contribution in [2.24, 2.45) is 0 Å². The lowest BCUT2D eigenvalue weighted by Gasteiger charge is -2.19. The fourth-order valence-electron chi connectivity index (χ4n) is 2.46. The number of nitrogens with zero attached hydrogens (tertiary/aromatic N) is 3. The number of hydrogen-bond donors (Lipinski definition) is 1. The molecule has 1 aliphatic rings. The van der Waals surface area contributed by atoms with Crippen LogP contribution in [0.15, 0.2) is 12.4 Å². The molecule has 2 heterocycles. The molecule has 0 aromatic carbocycles. The van der Waals surface area contributed by atoms with E-state index < -0.39 is 0 Å². The van der Waals surface area contributed by atoms with Crippen molar-refractivity contribution in [3.63, 3.8) is 0 Å². The number of likely N-dealkylation sites (tertiary alicyclic amines) is 1. The lowest BCUT2D eigenvalue weighted by Crippen LogP contribution is -2.36.